The summed E-state index contributed by atoms with van der Waals surface area (Å²) in [5.74, 6) is 2.40. The fourth-order valence-corrected chi connectivity index (χ4v) is 2.31. The molecule has 1 fully saturated rings. The highest BCUT2D eigenvalue weighted by molar-refractivity contribution is 9.10. The second-order valence-electron chi connectivity index (χ2n) is 4.20. The SMILES string of the molecule is C#CCn1ncc(NN2CCCCC2)c(Br)c1=O. The summed E-state index contributed by atoms with van der Waals surface area (Å²) in [6.07, 6.45) is 10.4. The number of halogens is 1. The predicted octanol–water partition coefficient (Wildman–Crippen LogP) is 1.45. The minimum Gasteiger partial charge on any atom is -0.316 e. The topological polar surface area (TPSA) is 50.2 Å². The van der Waals surface area contributed by atoms with E-state index in [0.717, 1.165) is 13.1 Å². The van der Waals surface area contributed by atoms with Gasteiger partial charge in [0.05, 0.1) is 11.9 Å². The highest BCUT2D eigenvalue weighted by Crippen LogP contribution is 2.18. The molecule has 6 heteroatoms. The van der Waals surface area contributed by atoms with Crippen molar-refractivity contribution in [3.63, 3.8) is 0 Å². The third-order valence-electron chi connectivity index (χ3n) is 2.86. The maximum absolute atomic E-state index is 11.9. The van der Waals surface area contributed by atoms with Crippen molar-refractivity contribution in [3.05, 3.63) is 21.0 Å². The largest absolute Gasteiger partial charge is 0.316 e. The molecule has 0 aromatic carbocycles. The average molecular weight is 311 g/mol. The molecule has 0 saturated carbocycles. The zero-order valence-electron chi connectivity index (χ0n) is 10.0. The zero-order chi connectivity index (χ0) is 13.0. The molecule has 1 saturated heterocycles. The van der Waals surface area contributed by atoms with Crippen LogP contribution in [0.5, 0.6) is 0 Å². The molecule has 0 unspecified atom stereocenters. The summed E-state index contributed by atoms with van der Waals surface area (Å²) in [4.78, 5) is 11.9. The molecular weight excluding hydrogens is 296 g/mol. The van der Waals surface area contributed by atoms with Crippen molar-refractivity contribution in [3.8, 4) is 12.3 Å². The highest BCUT2D eigenvalue weighted by Gasteiger charge is 2.13. The molecule has 0 aliphatic carbocycles. The van der Waals surface area contributed by atoms with Crippen LogP contribution >= 0.6 is 15.9 Å². The van der Waals surface area contributed by atoms with E-state index in [1.165, 1.54) is 23.9 Å². The first-order valence-electron chi connectivity index (χ1n) is 5.93. The smallest absolute Gasteiger partial charge is 0.284 e. The summed E-state index contributed by atoms with van der Waals surface area (Å²) >= 11 is 3.30. The third kappa shape index (κ3) is 2.92. The lowest BCUT2D eigenvalue weighted by Gasteiger charge is -2.28. The number of nitrogens with zero attached hydrogens (tertiary/aromatic N) is 3. The van der Waals surface area contributed by atoms with E-state index < -0.39 is 0 Å². The molecule has 1 N–H and O–H groups in total. The van der Waals surface area contributed by atoms with Gasteiger partial charge < -0.3 is 5.43 Å². The van der Waals surface area contributed by atoms with Crippen molar-refractivity contribution in [2.45, 2.75) is 25.8 Å². The molecule has 0 atom stereocenters. The van der Waals surface area contributed by atoms with Gasteiger partial charge in [0.1, 0.15) is 11.0 Å². The fraction of sp³-hybridized carbons (Fsp3) is 0.500. The Balaban J connectivity index is 2.16. The van der Waals surface area contributed by atoms with Crippen LogP contribution in [0.2, 0.25) is 0 Å². The van der Waals surface area contributed by atoms with Gasteiger partial charge in [-0.25, -0.2) is 9.69 Å². The van der Waals surface area contributed by atoms with E-state index in [9.17, 15) is 4.79 Å². The molecule has 1 aromatic rings. The molecule has 18 heavy (non-hydrogen) atoms. The van der Waals surface area contributed by atoms with Crippen molar-refractivity contribution in [2.75, 3.05) is 18.5 Å². The molecule has 0 spiro atoms. The van der Waals surface area contributed by atoms with E-state index in [1.54, 1.807) is 6.20 Å². The van der Waals surface area contributed by atoms with E-state index in [0.29, 0.717) is 10.2 Å². The summed E-state index contributed by atoms with van der Waals surface area (Å²) in [5, 5.41) is 6.14. The molecule has 1 aliphatic heterocycles. The van der Waals surface area contributed by atoms with Crippen molar-refractivity contribution in [1.82, 2.24) is 14.8 Å². The number of hydrogen-bond donors (Lipinski definition) is 1. The normalized spacial score (nSPS) is 16.2. The first kappa shape index (κ1) is 13.1. The molecule has 2 heterocycles. The van der Waals surface area contributed by atoms with Crippen LogP contribution in [0.4, 0.5) is 5.69 Å². The molecule has 0 amide bonds. The summed E-state index contributed by atoms with van der Waals surface area (Å²) < 4.78 is 1.73. The predicted molar refractivity (Wildman–Crippen MR) is 74.1 cm³/mol. The number of anilines is 1. The summed E-state index contributed by atoms with van der Waals surface area (Å²) in [6, 6.07) is 0. The van der Waals surface area contributed by atoms with Gasteiger partial charge >= 0.3 is 0 Å². The van der Waals surface area contributed by atoms with Gasteiger partial charge in [0.15, 0.2) is 0 Å². The van der Waals surface area contributed by atoms with Crippen LogP contribution in [0.3, 0.4) is 0 Å². The van der Waals surface area contributed by atoms with Crippen LogP contribution < -0.4 is 11.0 Å². The van der Waals surface area contributed by atoms with Gasteiger partial charge in [-0.05, 0) is 28.8 Å². The molecule has 1 aliphatic rings. The second kappa shape index (κ2) is 6.03. The number of aromatic nitrogens is 2. The minimum absolute atomic E-state index is 0.182. The van der Waals surface area contributed by atoms with Crippen LogP contribution in [0.25, 0.3) is 0 Å². The number of hydrazine groups is 1. The Bertz CT molecular complexity index is 514. The fourth-order valence-electron chi connectivity index (χ4n) is 1.92. The summed E-state index contributed by atoms with van der Waals surface area (Å²) in [7, 11) is 0. The van der Waals surface area contributed by atoms with Crippen molar-refractivity contribution < 1.29 is 0 Å². The van der Waals surface area contributed by atoms with Crippen molar-refractivity contribution in [2.24, 2.45) is 0 Å². The Morgan fingerprint density at radius 1 is 1.44 bits per heavy atom. The van der Waals surface area contributed by atoms with Gasteiger partial charge in [-0.15, -0.1) is 6.42 Å². The first-order valence-corrected chi connectivity index (χ1v) is 6.72. The van der Waals surface area contributed by atoms with Gasteiger partial charge in [0.25, 0.3) is 5.56 Å². The second-order valence-corrected chi connectivity index (χ2v) is 4.99. The number of piperidine rings is 1. The third-order valence-corrected chi connectivity index (χ3v) is 3.63. The molecule has 0 radical (unpaired) electrons. The van der Waals surface area contributed by atoms with Crippen LogP contribution in [0.1, 0.15) is 19.3 Å². The van der Waals surface area contributed by atoms with E-state index in [-0.39, 0.29) is 12.1 Å². The van der Waals surface area contributed by atoms with Crippen LogP contribution in [-0.4, -0.2) is 27.9 Å². The van der Waals surface area contributed by atoms with Gasteiger partial charge in [-0.3, -0.25) is 4.79 Å². The Morgan fingerprint density at radius 2 is 2.17 bits per heavy atom. The van der Waals surface area contributed by atoms with Crippen molar-refractivity contribution in [1.29, 1.82) is 0 Å². The van der Waals surface area contributed by atoms with Crippen molar-refractivity contribution >= 4 is 21.6 Å². The van der Waals surface area contributed by atoms with Crippen LogP contribution in [-0.2, 0) is 6.54 Å². The quantitative estimate of drug-likeness (QED) is 0.859. The maximum atomic E-state index is 11.9. The van der Waals surface area contributed by atoms with Gasteiger partial charge in [0.2, 0.25) is 0 Å². The first-order chi connectivity index (χ1) is 8.72. The van der Waals surface area contributed by atoms with Crippen LogP contribution in [0, 0.1) is 12.3 Å². The molecule has 2 rings (SSSR count). The Hall–Kier alpha value is -1.32. The molecule has 5 nitrogen and oxygen atoms in total. The van der Waals surface area contributed by atoms with E-state index >= 15 is 0 Å². The Labute approximate surface area is 114 Å². The Morgan fingerprint density at radius 3 is 2.83 bits per heavy atom. The van der Waals surface area contributed by atoms with Gasteiger partial charge in [-0.1, -0.05) is 12.3 Å². The lowest BCUT2D eigenvalue weighted by Crippen LogP contribution is -2.36. The summed E-state index contributed by atoms with van der Waals surface area (Å²) in [5.41, 5.74) is 3.70. The molecule has 96 valence electrons. The lowest BCUT2D eigenvalue weighted by atomic mass is 10.2. The number of rotatable bonds is 3. The minimum atomic E-state index is -0.213. The van der Waals surface area contributed by atoms with E-state index in [1.807, 2.05) is 0 Å². The van der Waals surface area contributed by atoms with Gasteiger partial charge in [0, 0.05) is 13.1 Å². The summed E-state index contributed by atoms with van der Waals surface area (Å²) in [6.45, 7) is 2.15. The monoisotopic (exact) mass is 310 g/mol. The molecule has 1 aromatic heterocycles. The number of terminal acetylenes is 1. The molecular formula is C12H15BrN4O. The number of hydrogen-bond acceptors (Lipinski definition) is 4. The van der Waals surface area contributed by atoms with Gasteiger partial charge in [-0.2, -0.15) is 5.10 Å². The lowest BCUT2D eigenvalue weighted by molar-refractivity contribution is 0.273. The van der Waals surface area contributed by atoms with E-state index in [2.05, 4.69) is 37.4 Å². The number of nitrogens with one attached hydrogen (secondary N) is 1. The van der Waals surface area contributed by atoms with Crippen LogP contribution in [0.15, 0.2) is 15.5 Å². The molecule has 0 bridgehead atoms. The highest BCUT2D eigenvalue weighted by atomic mass is 79.9. The average Bonchev–Trinajstić information content (AvgIpc) is 2.40. The Kier molecular flexibility index (Phi) is 4.39. The standard InChI is InChI=1S/C12H15BrN4O/c1-2-6-17-12(18)11(13)10(9-14-17)15-16-7-4-3-5-8-16/h1,9,15H,3-8H2. The zero-order valence-corrected chi connectivity index (χ0v) is 11.6. The van der Waals surface area contributed by atoms with E-state index in [4.69, 9.17) is 6.42 Å². The maximum Gasteiger partial charge on any atom is 0.284 e.